The number of hydrogen-bond donors (Lipinski definition) is 2. The quantitative estimate of drug-likeness (QED) is 0.425. The Morgan fingerprint density at radius 3 is 2.80 bits per heavy atom. The topological polar surface area (TPSA) is 110 Å². The lowest BCUT2D eigenvalue weighted by Crippen LogP contribution is -2.34. The van der Waals surface area contributed by atoms with E-state index in [1.54, 1.807) is 31.4 Å². The lowest BCUT2D eigenvalue weighted by atomic mass is 10.00. The Kier molecular flexibility index (Phi) is 6.44. The van der Waals surface area contributed by atoms with Crippen LogP contribution < -0.4 is 11.0 Å². The molecule has 1 aromatic carbocycles. The van der Waals surface area contributed by atoms with E-state index in [9.17, 15) is 18.2 Å². The van der Waals surface area contributed by atoms with Gasteiger partial charge in [0, 0.05) is 53.9 Å². The molecule has 30 heavy (non-hydrogen) atoms. The molecule has 0 aliphatic carbocycles. The molecule has 2 N–H and O–H groups in total. The van der Waals surface area contributed by atoms with Gasteiger partial charge in [0.2, 0.25) is 0 Å². The molecular weight excluding hydrogens is 413 g/mol. The monoisotopic (exact) mass is 431 g/mol. The van der Waals surface area contributed by atoms with E-state index >= 15 is 0 Å². The first-order chi connectivity index (χ1) is 14.3. The van der Waals surface area contributed by atoms with Gasteiger partial charge >= 0.3 is 0 Å². The Hall–Kier alpha value is -3.29. The van der Waals surface area contributed by atoms with E-state index in [2.05, 4.69) is 17.0 Å². The highest BCUT2D eigenvalue weighted by Gasteiger charge is 2.24. The van der Waals surface area contributed by atoms with Gasteiger partial charge in [0.1, 0.15) is 5.82 Å². The molecule has 0 radical (unpaired) electrons. The second-order valence-electron chi connectivity index (χ2n) is 6.54. The zero-order valence-electron chi connectivity index (χ0n) is 16.1. The highest BCUT2D eigenvalue weighted by Crippen LogP contribution is 2.25. The van der Waals surface area contributed by atoms with Crippen molar-refractivity contribution in [2.24, 2.45) is 12.2 Å². The predicted octanol–water partition coefficient (Wildman–Crippen LogP) is 0.940. The fourth-order valence-electron chi connectivity index (χ4n) is 2.80. The number of benzene rings is 1. The second kappa shape index (κ2) is 9.02. The molecule has 0 fully saturated rings. The van der Waals surface area contributed by atoms with Crippen molar-refractivity contribution in [1.29, 1.82) is 0 Å². The Bertz CT molecular complexity index is 1170. The minimum atomic E-state index is -1.62. The van der Waals surface area contributed by atoms with Crippen LogP contribution in [0.1, 0.15) is 12.0 Å². The molecule has 3 unspecified atom stereocenters. The Morgan fingerprint density at radius 1 is 1.40 bits per heavy atom. The van der Waals surface area contributed by atoms with Crippen molar-refractivity contribution in [3.63, 3.8) is 0 Å². The number of oxime groups is 1. The third-order valence-electron chi connectivity index (χ3n) is 4.44. The molecule has 1 aliphatic heterocycles. The van der Waals surface area contributed by atoms with Gasteiger partial charge in [-0.3, -0.25) is 19.0 Å². The van der Waals surface area contributed by atoms with Gasteiger partial charge in [-0.25, -0.2) is 9.87 Å². The normalized spacial score (nSPS) is 17.2. The number of rotatable bonds is 4. The van der Waals surface area contributed by atoms with Crippen LogP contribution in [0.5, 0.6) is 0 Å². The van der Waals surface area contributed by atoms with E-state index in [1.165, 1.54) is 28.4 Å². The number of aromatic nitrogens is 1. The van der Waals surface area contributed by atoms with Crippen LogP contribution >= 0.6 is 0 Å². The second-order valence-corrected chi connectivity index (χ2v) is 8.01. The molecule has 0 saturated heterocycles. The number of carbonyl (C=O) groups excluding carboxylic acids is 1. The summed E-state index contributed by atoms with van der Waals surface area (Å²) < 4.78 is 27.6. The molecule has 1 aliphatic rings. The summed E-state index contributed by atoms with van der Waals surface area (Å²) in [4.78, 5) is 28.5. The highest BCUT2D eigenvalue weighted by molar-refractivity contribution is 7.86. The summed E-state index contributed by atoms with van der Waals surface area (Å²) in [6.07, 6.45) is 2.40. The SMILES string of the molecule is Cn1ccc(-c2ccc(C3=NOC(C#CC(C(=O)NO)S(C)=O)C3)cc2F)cc1=O. The van der Waals surface area contributed by atoms with Crippen molar-refractivity contribution < 1.29 is 23.4 Å². The Balaban J connectivity index is 1.76. The number of hydroxylamine groups is 1. The lowest BCUT2D eigenvalue weighted by Gasteiger charge is -2.07. The minimum absolute atomic E-state index is 0.238. The van der Waals surface area contributed by atoms with Gasteiger partial charge in [0.15, 0.2) is 11.4 Å². The molecule has 1 amide bonds. The van der Waals surface area contributed by atoms with Crippen LogP contribution in [-0.2, 0) is 27.5 Å². The first kappa shape index (κ1) is 21.4. The Labute approximate surface area is 173 Å². The third-order valence-corrected chi connectivity index (χ3v) is 5.44. The largest absolute Gasteiger partial charge is 0.379 e. The smallest absolute Gasteiger partial charge is 0.271 e. The van der Waals surface area contributed by atoms with Crippen LogP contribution in [0.25, 0.3) is 11.1 Å². The average molecular weight is 431 g/mol. The van der Waals surface area contributed by atoms with Gasteiger partial charge < -0.3 is 9.40 Å². The van der Waals surface area contributed by atoms with Crippen LogP contribution in [0.15, 0.2) is 46.5 Å². The molecular formula is C20H18FN3O5S. The van der Waals surface area contributed by atoms with Gasteiger partial charge in [0.25, 0.3) is 11.5 Å². The number of nitrogens with one attached hydrogen (secondary N) is 1. The van der Waals surface area contributed by atoms with Crippen molar-refractivity contribution in [1.82, 2.24) is 10.0 Å². The summed E-state index contributed by atoms with van der Waals surface area (Å²) in [5.41, 5.74) is 2.89. The molecule has 3 rings (SSSR count). The van der Waals surface area contributed by atoms with E-state index in [1.807, 2.05) is 0 Å². The summed E-state index contributed by atoms with van der Waals surface area (Å²) in [5, 5.41) is 11.4. The van der Waals surface area contributed by atoms with Crippen molar-refractivity contribution in [3.05, 3.63) is 58.3 Å². The maximum atomic E-state index is 14.7. The molecule has 1 aromatic heterocycles. The number of aryl methyl sites for hydroxylation is 1. The van der Waals surface area contributed by atoms with Gasteiger partial charge in [-0.15, -0.1) is 0 Å². The zero-order valence-corrected chi connectivity index (χ0v) is 16.9. The third kappa shape index (κ3) is 4.64. The van der Waals surface area contributed by atoms with E-state index < -0.39 is 33.9 Å². The molecule has 10 heteroatoms. The first-order valence-electron chi connectivity index (χ1n) is 8.77. The Morgan fingerprint density at radius 2 is 2.17 bits per heavy atom. The molecule has 2 aromatic rings. The summed E-state index contributed by atoms with van der Waals surface area (Å²) in [5.74, 6) is 3.77. The van der Waals surface area contributed by atoms with E-state index in [0.717, 1.165) is 0 Å². The van der Waals surface area contributed by atoms with E-state index in [0.29, 0.717) is 16.8 Å². The maximum absolute atomic E-state index is 14.7. The average Bonchev–Trinajstić information content (AvgIpc) is 3.18. The van der Waals surface area contributed by atoms with Gasteiger partial charge in [-0.1, -0.05) is 29.1 Å². The van der Waals surface area contributed by atoms with Gasteiger partial charge in [0.05, 0.1) is 5.71 Å². The summed E-state index contributed by atoms with van der Waals surface area (Å²) in [7, 11) is -0.00646. The van der Waals surface area contributed by atoms with Crippen molar-refractivity contribution in [3.8, 4) is 23.0 Å². The van der Waals surface area contributed by atoms with E-state index in [-0.39, 0.29) is 17.5 Å². The number of carbonyl (C=O) groups is 1. The lowest BCUT2D eigenvalue weighted by molar-refractivity contribution is -0.127. The molecule has 8 nitrogen and oxygen atoms in total. The van der Waals surface area contributed by atoms with Gasteiger partial charge in [-0.05, 0) is 17.7 Å². The fraction of sp³-hybridized carbons (Fsp3) is 0.250. The van der Waals surface area contributed by atoms with Crippen LogP contribution in [0.4, 0.5) is 4.39 Å². The summed E-state index contributed by atoms with van der Waals surface area (Å²) >= 11 is 0. The standard InChI is InChI=1S/C20H18FN3O5S/c1-24-8-7-12(10-19(24)25)15-5-3-13(9-16(15)21)17-11-14(29-23-17)4-6-18(30(2)28)20(26)22-27/h3,5,7-10,14,18,27H,11H2,1-2H3,(H,22,26). The molecule has 3 atom stereocenters. The van der Waals surface area contributed by atoms with E-state index in [4.69, 9.17) is 10.0 Å². The number of nitrogens with zero attached hydrogens (tertiary/aromatic N) is 2. The first-order valence-corrected chi connectivity index (χ1v) is 10.4. The number of halogens is 1. The predicted molar refractivity (Wildman–Crippen MR) is 109 cm³/mol. The number of hydrogen-bond acceptors (Lipinski definition) is 6. The van der Waals surface area contributed by atoms with Crippen molar-refractivity contribution >= 4 is 22.4 Å². The maximum Gasteiger partial charge on any atom is 0.271 e. The van der Waals surface area contributed by atoms with Crippen LogP contribution in [0, 0.1) is 17.7 Å². The number of pyridine rings is 1. The molecule has 0 saturated carbocycles. The van der Waals surface area contributed by atoms with Crippen LogP contribution in [0.3, 0.4) is 0 Å². The van der Waals surface area contributed by atoms with Crippen molar-refractivity contribution in [2.75, 3.05) is 6.26 Å². The van der Waals surface area contributed by atoms with Crippen LogP contribution in [0.2, 0.25) is 0 Å². The molecule has 0 bridgehead atoms. The molecule has 2 heterocycles. The highest BCUT2D eigenvalue weighted by atomic mass is 32.2. The molecule has 156 valence electrons. The van der Waals surface area contributed by atoms with Gasteiger partial charge in [-0.2, -0.15) is 0 Å². The summed E-state index contributed by atoms with van der Waals surface area (Å²) in [6.45, 7) is 0. The number of amides is 1. The summed E-state index contributed by atoms with van der Waals surface area (Å²) in [6, 6.07) is 7.53. The van der Waals surface area contributed by atoms with Crippen LogP contribution in [-0.4, -0.2) is 43.2 Å². The zero-order chi connectivity index (χ0) is 21.8. The minimum Gasteiger partial charge on any atom is -0.379 e. The van der Waals surface area contributed by atoms with Crippen molar-refractivity contribution in [2.45, 2.75) is 17.8 Å². The fourth-order valence-corrected chi connectivity index (χ4v) is 3.38. The molecule has 0 spiro atoms.